The van der Waals surface area contributed by atoms with Gasteiger partial charge >= 0.3 is 0 Å². The van der Waals surface area contributed by atoms with Gasteiger partial charge in [0.25, 0.3) is 0 Å². The first-order valence-electron chi connectivity index (χ1n) is 6.52. The highest BCUT2D eigenvalue weighted by Gasteiger charge is 2.18. The highest BCUT2D eigenvalue weighted by molar-refractivity contribution is 5.78. The molecular formula is C13H29N3O. The zero-order valence-corrected chi connectivity index (χ0v) is 12.0. The van der Waals surface area contributed by atoms with Gasteiger partial charge in [-0.2, -0.15) is 0 Å². The van der Waals surface area contributed by atoms with Crippen molar-refractivity contribution in [3.05, 3.63) is 0 Å². The monoisotopic (exact) mass is 243 g/mol. The van der Waals surface area contributed by atoms with Gasteiger partial charge in [-0.25, -0.2) is 0 Å². The lowest BCUT2D eigenvalue weighted by molar-refractivity contribution is -0.122. The molecule has 0 aromatic heterocycles. The molecule has 0 fully saturated rings. The molecule has 0 saturated carbocycles. The first kappa shape index (κ1) is 16.4. The number of carbonyl (C=O) groups is 1. The van der Waals surface area contributed by atoms with Crippen molar-refractivity contribution in [2.75, 3.05) is 26.2 Å². The van der Waals surface area contributed by atoms with E-state index in [0.717, 1.165) is 19.5 Å². The van der Waals surface area contributed by atoms with Crippen LogP contribution < -0.4 is 11.1 Å². The van der Waals surface area contributed by atoms with Crippen molar-refractivity contribution in [3.63, 3.8) is 0 Å². The largest absolute Gasteiger partial charge is 0.353 e. The number of amides is 1. The zero-order valence-electron chi connectivity index (χ0n) is 12.0. The van der Waals surface area contributed by atoms with Crippen LogP contribution in [-0.2, 0) is 4.79 Å². The van der Waals surface area contributed by atoms with E-state index in [1.54, 1.807) is 0 Å². The molecule has 0 aliphatic rings. The van der Waals surface area contributed by atoms with Gasteiger partial charge in [0.15, 0.2) is 0 Å². The van der Waals surface area contributed by atoms with Gasteiger partial charge in [-0.15, -0.1) is 0 Å². The van der Waals surface area contributed by atoms with Gasteiger partial charge in [0.05, 0.1) is 6.54 Å². The standard InChI is InChI=1S/C13H29N3O/c1-6-16(8-7-13(4,5)10-14)9-12(17)15-11(2)3/h11H,6-10,14H2,1-5H3,(H,15,17). The van der Waals surface area contributed by atoms with Crippen molar-refractivity contribution in [1.82, 2.24) is 10.2 Å². The topological polar surface area (TPSA) is 58.4 Å². The van der Waals surface area contributed by atoms with Crippen molar-refractivity contribution in [1.29, 1.82) is 0 Å². The molecular weight excluding hydrogens is 214 g/mol. The smallest absolute Gasteiger partial charge is 0.234 e. The maximum absolute atomic E-state index is 11.6. The van der Waals surface area contributed by atoms with Crippen LogP contribution in [0.4, 0.5) is 0 Å². The van der Waals surface area contributed by atoms with Crippen LogP contribution in [0.1, 0.15) is 41.0 Å². The van der Waals surface area contributed by atoms with Crippen molar-refractivity contribution < 1.29 is 4.79 Å². The van der Waals surface area contributed by atoms with Gasteiger partial charge < -0.3 is 11.1 Å². The third kappa shape index (κ3) is 8.16. The lowest BCUT2D eigenvalue weighted by atomic mass is 9.89. The molecule has 102 valence electrons. The van der Waals surface area contributed by atoms with Crippen molar-refractivity contribution >= 4 is 5.91 Å². The van der Waals surface area contributed by atoms with Gasteiger partial charge in [0.1, 0.15) is 0 Å². The molecule has 0 unspecified atom stereocenters. The number of hydrogen-bond donors (Lipinski definition) is 2. The number of nitrogens with two attached hydrogens (primary N) is 1. The molecule has 0 aromatic rings. The third-order valence-corrected chi connectivity index (χ3v) is 2.92. The molecule has 0 aliphatic heterocycles. The number of nitrogens with zero attached hydrogens (tertiary/aromatic N) is 1. The van der Waals surface area contributed by atoms with Crippen molar-refractivity contribution in [3.8, 4) is 0 Å². The normalized spacial score (nSPS) is 12.2. The fourth-order valence-corrected chi connectivity index (χ4v) is 1.48. The van der Waals surface area contributed by atoms with Crippen LogP contribution in [0.2, 0.25) is 0 Å². The Morgan fingerprint density at radius 1 is 1.41 bits per heavy atom. The predicted molar refractivity (Wildman–Crippen MR) is 72.8 cm³/mol. The molecule has 0 aliphatic carbocycles. The fourth-order valence-electron chi connectivity index (χ4n) is 1.48. The number of rotatable bonds is 8. The van der Waals surface area contributed by atoms with Crippen LogP contribution in [0, 0.1) is 5.41 Å². The molecule has 4 heteroatoms. The molecule has 17 heavy (non-hydrogen) atoms. The first-order chi connectivity index (χ1) is 7.80. The Labute approximate surface area is 106 Å². The molecule has 0 atom stereocenters. The number of carbonyl (C=O) groups excluding carboxylic acids is 1. The summed E-state index contributed by atoms with van der Waals surface area (Å²) in [6, 6.07) is 0.210. The Kier molecular flexibility index (Phi) is 7.39. The summed E-state index contributed by atoms with van der Waals surface area (Å²) in [5, 5.41) is 2.91. The van der Waals surface area contributed by atoms with E-state index in [1.807, 2.05) is 13.8 Å². The Balaban J connectivity index is 4.04. The van der Waals surface area contributed by atoms with Crippen LogP contribution in [-0.4, -0.2) is 43.0 Å². The Hall–Kier alpha value is -0.610. The Morgan fingerprint density at radius 3 is 2.41 bits per heavy atom. The van der Waals surface area contributed by atoms with Gasteiger partial charge in [-0.1, -0.05) is 20.8 Å². The van der Waals surface area contributed by atoms with Gasteiger partial charge in [0, 0.05) is 6.04 Å². The Morgan fingerprint density at radius 2 is 2.00 bits per heavy atom. The van der Waals surface area contributed by atoms with Gasteiger partial charge in [-0.05, 0) is 45.3 Å². The second-order valence-corrected chi connectivity index (χ2v) is 5.71. The highest BCUT2D eigenvalue weighted by atomic mass is 16.2. The summed E-state index contributed by atoms with van der Waals surface area (Å²) in [6.07, 6.45) is 1.02. The van der Waals surface area contributed by atoms with E-state index < -0.39 is 0 Å². The van der Waals surface area contributed by atoms with E-state index in [4.69, 9.17) is 5.73 Å². The summed E-state index contributed by atoms with van der Waals surface area (Å²) < 4.78 is 0. The fraction of sp³-hybridized carbons (Fsp3) is 0.923. The lowest BCUT2D eigenvalue weighted by Crippen LogP contribution is -2.41. The number of likely N-dealkylation sites (N-methyl/N-ethyl adjacent to an activating group) is 1. The lowest BCUT2D eigenvalue weighted by Gasteiger charge is -2.27. The third-order valence-electron chi connectivity index (χ3n) is 2.92. The predicted octanol–water partition coefficient (Wildman–Crippen LogP) is 1.21. The highest BCUT2D eigenvalue weighted by Crippen LogP contribution is 2.18. The van der Waals surface area contributed by atoms with E-state index in [1.165, 1.54) is 0 Å². The van der Waals surface area contributed by atoms with E-state index in [9.17, 15) is 4.79 Å². The summed E-state index contributed by atoms with van der Waals surface area (Å²) in [5.41, 5.74) is 5.86. The van der Waals surface area contributed by atoms with Crippen LogP contribution in [0.15, 0.2) is 0 Å². The van der Waals surface area contributed by atoms with Crippen LogP contribution >= 0.6 is 0 Å². The second-order valence-electron chi connectivity index (χ2n) is 5.71. The summed E-state index contributed by atoms with van der Waals surface area (Å²) in [7, 11) is 0. The van der Waals surface area contributed by atoms with E-state index in [2.05, 4.69) is 31.0 Å². The molecule has 0 spiro atoms. The second kappa shape index (κ2) is 7.67. The molecule has 0 aromatic carbocycles. The zero-order chi connectivity index (χ0) is 13.5. The number of hydrogen-bond acceptors (Lipinski definition) is 3. The van der Waals surface area contributed by atoms with Crippen LogP contribution in [0.25, 0.3) is 0 Å². The molecule has 3 N–H and O–H groups in total. The van der Waals surface area contributed by atoms with E-state index in [0.29, 0.717) is 13.1 Å². The minimum Gasteiger partial charge on any atom is -0.353 e. The summed E-state index contributed by atoms with van der Waals surface area (Å²) in [6.45, 7) is 13.3. The molecule has 0 radical (unpaired) electrons. The molecule has 0 rings (SSSR count). The van der Waals surface area contributed by atoms with Crippen LogP contribution in [0.3, 0.4) is 0 Å². The molecule has 1 amide bonds. The average molecular weight is 243 g/mol. The van der Waals surface area contributed by atoms with E-state index >= 15 is 0 Å². The maximum Gasteiger partial charge on any atom is 0.234 e. The first-order valence-corrected chi connectivity index (χ1v) is 6.52. The van der Waals surface area contributed by atoms with Gasteiger partial charge in [-0.3, -0.25) is 9.69 Å². The maximum atomic E-state index is 11.6. The Bertz CT molecular complexity index is 227. The SMILES string of the molecule is CCN(CCC(C)(C)CN)CC(=O)NC(C)C. The van der Waals surface area contributed by atoms with Gasteiger partial charge in [0.2, 0.25) is 5.91 Å². The molecule has 4 nitrogen and oxygen atoms in total. The summed E-state index contributed by atoms with van der Waals surface area (Å²) in [4.78, 5) is 13.8. The minimum absolute atomic E-state index is 0.104. The molecule has 0 bridgehead atoms. The van der Waals surface area contributed by atoms with Crippen LogP contribution in [0.5, 0.6) is 0 Å². The van der Waals surface area contributed by atoms with E-state index in [-0.39, 0.29) is 17.4 Å². The quantitative estimate of drug-likeness (QED) is 0.673. The molecule has 0 saturated heterocycles. The van der Waals surface area contributed by atoms with Crippen molar-refractivity contribution in [2.24, 2.45) is 11.1 Å². The minimum atomic E-state index is 0.104. The average Bonchev–Trinajstić information content (AvgIpc) is 2.23. The number of nitrogens with one attached hydrogen (secondary N) is 1. The van der Waals surface area contributed by atoms with Crippen molar-refractivity contribution in [2.45, 2.75) is 47.1 Å². The summed E-state index contributed by atoms with van der Waals surface area (Å²) in [5.74, 6) is 0.104. The molecule has 0 heterocycles. The summed E-state index contributed by atoms with van der Waals surface area (Å²) >= 11 is 0.